The van der Waals surface area contributed by atoms with Crippen molar-refractivity contribution < 1.29 is 35.8 Å². The van der Waals surface area contributed by atoms with E-state index in [1.165, 1.54) is 24.3 Å². The number of phenols is 1. The van der Waals surface area contributed by atoms with Crippen LogP contribution in [0.2, 0.25) is 0 Å². The largest absolute Gasteiger partial charge is 0.508 e. The lowest BCUT2D eigenvalue weighted by Crippen LogP contribution is -2.56. The summed E-state index contributed by atoms with van der Waals surface area (Å²) in [5, 5.41) is 11.3. The van der Waals surface area contributed by atoms with E-state index in [0.717, 1.165) is 25.5 Å². The van der Waals surface area contributed by atoms with Crippen LogP contribution in [-0.4, -0.2) is 85.0 Å². The maximum Gasteiger partial charge on any atom is 0.319 e. The van der Waals surface area contributed by atoms with Gasteiger partial charge in [0.25, 0.3) is 10.2 Å². The summed E-state index contributed by atoms with van der Waals surface area (Å²) in [4.78, 5) is 12.9. The number of piperidine rings is 1. The van der Waals surface area contributed by atoms with Crippen molar-refractivity contribution in [3.8, 4) is 22.9 Å². The molecule has 5 heterocycles. The Kier molecular flexibility index (Phi) is 7.70. The third-order valence-corrected chi connectivity index (χ3v) is 11.9. The van der Waals surface area contributed by atoms with Crippen molar-refractivity contribution in [2.45, 2.75) is 62.7 Å². The first-order valence-corrected chi connectivity index (χ1v) is 18.1. The lowest BCUT2D eigenvalue weighted by molar-refractivity contribution is 0.107. The van der Waals surface area contributed by atoms with Crippen molar-refractivity contribution in [2.24, 2.45) is 0 Å². The van der Waals surface area contributed by atoms with Gasteiger partial charge in [-0.25, -0.2) is 22.3 Å². The van der Waals surface area contributed by atoms with Crippen molar-refractivity contribution in [1.82, 2.24) is 24.3 Å². The van der Waals surface area contributed by atoms with Crippen LogP contribution in [0.5, 0.6) is 11.8 Å². The first-order valence-electron chi connectivity index (χ1n) is 16.6. The molecule has 8 rings (SSSR count). The Morgan fingerprint density at radius 1 is 1.08 bits per heavy atom. The summed E-state index contributed by atoms with van der Waals surface area (Å²) in [6.07, 6.45) is 2.23. The van der Waals surface area contributed by atoms with Crippen molar-refractivity contribution in [2.75, 3.05) is 44.2 Å². The van der Waals surface area contributed by atoms with Gasteiger partial charge in [-0.15, -0.1) is 0 Å². The third kappa shape index (κ3) is 5.45. The standard InChI is InChI=1S/C34H36F4N6O4S/c1-2-22-25(36)6-5-19-11-21(45)12-23(27(19)22)28-26(37)13-24-30(29(28)38)40-32(48-18-34-8-4-10-44(34)15-20(35)14-34)41-31(24)43-9-3-7-33(17-43)16-39-49(46,47)42-33/h5-6,11-13,20,39,42,45H,2-4,7-10,14-18H2,1H3/t20-,33?,34+/m1/s1. The summed E-state index contributed by atoms with van der Waals surface area (Å²) in [7, 11) is -3.71. The minimum atomic E-state index is -3.71. The number of anilines is 1. The number of phenolic OH excluding ortho intramolecular Hbond substituents is 1. The predicted octanol–water partition coefficient (Wildman–Crippen LogP) is 4.87. The van der Waals surface area contributed by atoms with Crippen LogP contribution in [0.15, 0.2) is 30.3 Å². The zero-order valence-electron chi connectivity index (χ0n) is 26.8. The summed E-state index contributed by atoms with van der Waals surface area (Å²) in [5.41, 5.74) is -1.96. The van der Waals surface area contributed by atoms with Gasteiger partial charge in [0.2, 0.25) is 0 Å². The van der Waals surface area contributed by atoms with Crippen LogP contribution in [0.1, 0.15) is 44.6 Å². The number of hydrogen-bond acceptors (Lipinski definition) is 8. The van der Waals surface area contributed by atoms with E-state index < -0.39 is 50.5 Å². The van der Waals surface area contributed by atoms with Gasteiger partial charge in [-0.1, -0.05) is 13.0 Å². The maximum absolute atomic E-state index is 17.0. The molecule has 1 unspecified atom stereocenters. The van der Waals surface area contributed by atoms with Crippen molar-refractivity contribution >= 4 is 37.7 Å². The molecule has 0 aliphatic carbocycles. The number of aromatic hydroxyl groups is 1. The number of benzene rings is 3. The fourth-order valence-corrected chi connectivity index (χ4v) is 9.88. The number of rotatable bonds is 6. The Morgan fingerprint density at radius 2 is 1.90 bits per heavy atom. The minimum Gasteiger partial charge on any atom is -0.508 e. The van der Waals surface area contributed by atoms with Gasteiger partial charge in [-0.05, 0) is 84.8 Å². The number of alkyl halides is 1. The highest BCUT2D eigenvalue weighted by atomic mass is 32.2. The average molecular weight is 701 g/mol. The minimum absolute atomic E-state index is 0.0327. The van der Waals surface area contributed by atoms with Crippen molar-refractivity contribution in [3.63, 3.8) is 0 Å². The topological polar surface area (TPSA) is 120 Å². The summed E-state index contributed by atoms with van der Waals surface area (Å²) in [6.45, 7) is 3.56. The highest BCUT2D eigenvalue weighted by Gasteiger charge is 2.50. The Labute approximate surface area is 280 Å². The molecule has 0 amide bonds. The highest BCUT2D eigenvalue weighted by Crippen LogP contribution is 2.44. The molecule has 3 atom stereocenters. The molecule has 4 aromatic rings. The molecule has 4 saturated heterocycles. The van der Waals surface area contributed by atoms with Crippen molar-refractivity contribution in [3.05, 3.63) is 53.3 Å². The molecule has 10 nitrogen and oxygen atoms in total. The summed E-state index contributed by atoms with van der Waals surface area (Å²) in [6, 6.07) is 6.26. The Hall–Kier alpha value is -3.79. The van der Waals surface area contributed by atoms with Gasteiger partial charge in [0.1, 0.15) is 41.5 Å². The molecular weight excluding hydrogens is 664 g/mol. The zero-order chi connectivity index (χ0) is 34.3. The summed E-state index contributed by atoms with van der Waals surface area (Å²) < 4.78 is 98.9. The SMILES string of the molecule is CCc1c(F)ccc2cc(O)cc(-c3c(F)cc4c(N5CCCC6(CNS(=O)(=O)N6)C5)nc(OC[C@@]56CCCN5C[C@H](F)C6)nc4c3F)c12. The van der Waals surface area contributed by atoms with Crippen LogP contribution in [0.25, 0.3) is 32.8 Å². The van der Waals surface area contributed by atoms with Crippen molar-refractivity contribution in [1.29, 1.82) is 0 Å². The number of aryl methyl sites for hydroxylation is 1. The van der Waals surface area contributed by atoms with Gasteiger partial charge < -0.3 is 14.7 Å². The van der Waals surface area contributed by atoms with Gasteiger partial charge >= 0.3 is 6.01 Å². The van der Waals surface area contributed by atoms with Gasteiger partial charge in [0.15, 0.2) is 5.82 Å². The fourth-order valence-electron chi connectivity index (χ4n) is 8.53. The molecule has 4 fully saturated rings. The third-order valence-electron chi connectivity index (χ3n) is 10.7. The van der Waals surface area contributed by atoms with E-state index in [2.05, 4.69) is 24.3 Å². The number of fused-ring (bicyclic) bond motifs is 3. The molecule has 260 valence electrons. The number of aromatic nitrogens is 2. The molecule has 0 radical (unpaired) electrons. The molecule has 0 saturated carbocycles. The van der Waals surface area contributed by atoms with Gasteiger partial charge in [0, 0.05) is 38.0 Å². The predicted molar refractivity (Wildman–Crippen MR) is 176 cm³/mol. The fraction of sp³-hybridized carbons (Fsp3) is 0.471. The Morgan fingerprint density at radius 3 is 2.67 bits per heavy atom. The number of hydrogen-bond donors (Lipinski definition) is 3. The number of nitrogens with zero attached hydrogens (tertiary/aromatic N) is 4. The number of nitrogens with one attached hydrogen (secondary N) is 2. The van der Waals surface area contributed by atoms with E-state index in [9.17, 15) is 17.9 Å². The molecule has 1 spiro atoms. The van der Waals surface area contributed by atoms with E-state index >= 15 is 13.2 Å². The molecule has 4 aliphatic rings. The van der Waals surface area contributed by atoms with Gasteiger partial charge in [-0.2, -0.15) is 23.1 Å². The smallest absolute Gasteiger partial charge is 0.319 e. The lowest BCUT2D eigenvalue weighted by atomic mass is 9.90. The van der Waals surface area contributed by atoms with E-state index in [4.69, 9.17) is 4.74 Å². The first kappa shape index (κ1) is 32.4. The molecule has 1 aromatic heterocycles. The van der Waals surface area contributed by atoms with Crippen LogP contribution in [-0.2, 0) is 16.6 Å². The van der Waals surface area contributed by atoms with Crippen LogP contribution in [0, 0.1) is 17.5 Å². The molecule has 3 N–H and O–H groups in total. The quantitative estimate of drug-likeness (QED) is 0.244. The second-order valence-electron chi connectivity index (χ2n) is 13.8. The second-order valence-corrected chi connectivity index (χ2v) is 15.3. The van der Waals surface area contributed by atoms with Gasteiger partial charge in [0.05, 0.1) is 16.6 Å². The van der Waals surface area contributed by atoms with Gasteiger partial charge in [-0.3, -0.25) is 4.90 Å². The van der Waals surface area contributed by atoms with Crippen LogP contribution in [0.3, 0.4) is 0 Å². The molecule has 0 bridgehead atoms. The van der Waals surface area contributed by atoms with E-state index in [1.807, 2.05) is 0 Å². The summed E-state index contributed by atoms with van der Waals surface area (Å²) >= 11 is 0. The highest BCUT2D eigenvalue weighted by molar-refractivity contribution is 7.87. The molecule has 15 heteroatoms. The first-order chi connectivity index (χ1) is 23.4. The van der Waals surface area contributed by atoms with Crippen LogP contribution >= 0.6 is 0 Å². The molecule has 49 heavy (non-hydrogen) atoms. The number of halogens is 4. The number of ether oxygens (including phenoxy) is 1. The van der Waals surface area contributed by atoms with Crippen LogP contribution < -0.4 is 19.1 Å². The monoisotopic (exact) mass is 700 g/mol. The second kappa shape index (κ2) is 11.6. The molecule has 3 aromatic carbocycles. The normalized spacial score (nSPS) is 26.7. The maximum atomic E-state index is 17.0. The average Bonchev–Trinajstić information content (AvgIpc) is 3.68. The summed E-state index contributed by atoms with van der Waals surface area (Å²) in [5.74, 6) is -2.66. The Bertz CT molecular complexity index is 2120. The van der Waals surface area contributed by atoms with E-state index in [-0.39, 0.29) is 71.1 Å². The molecule has 4 aliphatic heterocycles. The molecular formula is C34H36F4N6O4S. The van der Waals surface area contributed by atoms with E-state index in [1.54, 1.807) is 11.8 Å². The van der Waals surface area contributed by atoms with E-state index in [0.29, 0.717) is 37.7 Å². The lowest BCUT2D eigenvalue weighted by Gasteiger charge is -2.40. The van der Waals surface area contributed by atoms with Crippen LogP contribution in [0.4, 0.5) is 23.4 Å². The Balaban J connectivity index is 1.29. The zero-order valence-corrected chi connectivity index (χ0v) is 27.6.